The van der Waals surface area contributed by atoms with E-state index >= 15 is 0 Å². The van der Waals surface area contributed by atoms with Gasteiger partial charge < -0.3 is 14.8 Å². The van der Waals surface area contributed by atoms with Crippen LogP contribution in [0.15, 0.2) is 6.33 Å². The van der Waals surface area contributed by atoms with Crippen LogP contribution in [0.3, 0.4) is 0 Å². The smallest absolute Gasteiger partial charge is 0.138 e. The Morgan fingerprint density at radius 1 is 1.43 bits per heavy atom. The molecule has 0 spiro atoms. The van der Waals surface area contributed by atoms with Crippen molar-refractivity contribution in [2.24, 2.45) is 0 Å². The summed E-state index contributed by atoms with van der Waals surface area (Å²) >= 11 is 0. The monoisotopic (exact) mass is 296 g/mol. The summed E-state index contributed by atoms with van der Waals surface area (Å²) in [4.78, 5) is 4.44. The molecule has 1 N–H and O–H groups in total. The summed E-state index contributed by atoms with van der Waals surface area (Å²) in [5, 5.41) is 7.92. The van der Waals surface area contributed by atoms with Crippen molar-refractivity contribution in [1.82, 2.24) is 20.1 Å². The third-order valence-corrected chi connectivity index (χ3v) is 4.35. The first-order chi connectivity index (χ1) is 10.1. The van der Waals surface area contributed by atoms with E-state index in [1.165, 1.54) is 0 Å². The summed E-state index contributed by atoms with van der Waals surface area (Å²) in [5.74, 6) is 1.01. The summed E-state index contributed by atoms with van der Waals surface area (Å²) in [6.45, 7) is 8.80. The van der Waals surface area contributed by atoms with Gasteiger partial charge in [-0.3, -0.25) is 0 Å². The fourth-order valence-corrected chi connectivity index (χ4v) is 3.14. The van der Waals surface area contributed by atoms with Crippen LogP contribution >= 0.6 is 0 Å². The number of hydrogen-bond donors (Lipinski definition) is 1. The normalized spacial score (nSPS) is 19.9. The quantitative estimate of drug-likeness (QED) is 0.827. The van der Waals surface area contributed by atoms with Gasteiger partial charge in [0, 0.05) is 51.7 Å². The number of rotatable bonds is 7. The van der Waals surface area contributed by atoms with Crippen molar-refractivity contribution in [2.45, 2.75) is 57.7 Å². The van der Waals surface area contributed by atoms with E-state index in [0.717, 1.165) is 44.8 Å². The zero-order chi connectivity index (χ0) is 15.3. The third kappa shape index (κ3) is 3.62. The van der Waals surface area contributed by atoms with Gasteiger partial charge in [0.15, 0.2) is 0 Å². The number of ether oxygens (including phenoxy) is 2. The first kappa shape index (κ1) is 16.4. The van der Waals surface area contributed by atoms with E-state index in [4.69, 9.17) is 9.47 Å². The second-order valence-corrected chi connectivity index (χ2v) is 5.91. The molecule has 1 saturated heterocycles. The third-order valence-electron chi connectivity index (χ3n) is 4.35. The van der Waals surface area contributed by atoms with Crippen LogP contribution in [0.25, 0.3) is 0 Å². The van der Waals surface area contributed by atoms with Crippen LogP contribution in [0.1, 0.15) is 45.5 Å². The van der Waals surface area contributed by atoms with E-state index < -0.39 is 0 Å². The average molecular weight is 296 g/mol. The zero-order valence-electron chi connectivity index (χ0n) is 13.6. The van der Waals surface area contributed by atoms with Crippen molar-refractivity contribution in [3.05, 3.63) is 12.2 Å². The molecule has 1 unspecified atom stereocenters. The first-order valence-electron chi connectivity index (χ1n) is 7.87. The highest BCUT2D eigenvalue weighted by Crippen LogP contribution is 2.30. The Morgan fingerprint density at radius 3 is 2.71 bits per heavy atom. The van der Waals surface area contributed by atoms with E-state index in [0.29, 0.717) is 6.04 Å². The first-order valence-corrected chi connectivity index (χ1v) is 7.87. The molecule has 0 aromatic carbocycles. The molecule has 1 atom stereocenters. The molecule has 6 nitrogen and oxygen atoms in total. The predicted octanol–water partition coefficient (Wildman–Crippen LogP) is 1.58. The Labute approximate surface area is 127 Å². The summed E-state index contributed by atoms with van der Waals surface area (Å²) in [5.41, 5.74) is -0.179. The van der Waals surface area contributed by atoms with Crippen LogP contribution in [0.2, 0.25) is 0 Å². The molecule has 21 heavy (non-hydrogen) atoms. The van der Waals surface area contributed by atoms with Gasteiger partial charge in [0.05, 0.1) is 5.60 Å². The van der Waals surface area contributed by atoms with Gasteiger partial charge in [-0.1, -0.05) is 6.92 Å². The van der Waals surface area contributed by atoms with E-state index in [9.17, 15) is 0 Å². The molecule has 0 radical (unpaired) electrons. The standard InChI is InChI=1S/C15H28N4O2/c1-5-16-13(15(20-4)6-8-21-9-7-15)10-14-17-11-18-19(14)12(2)3/h11-13,16H,5-10H2,1-4H3. The van der Waals surface area contributed by atoms with Crippen molar-refractivity contribution >= 4 is 0 Å². The Morgan fingerprint density at radius 2 is 2.14 bits per heavy atom. The highest BCUT2D eigenvalue weighted by molar-refractivity contribution is 5.01. The van der Waals surface area contributed by atoms with E-state index in [1.54, 1.807) is 6.33 Å². The van der Waals surface area contributed by atoms with Crippen LogP contribution in [0.5, 0.6) is 0 Å². The molecule has 0 saturated carbocycles. The van der Waals surface area contributed by atoms with Gasteiger partial charge in [-0.2, -0.15) is 5.10 Å². The number of methoxy groups -OCH3 is 1. The van der Waals surface area contributed by atoms with Crippen molar-refractivity contribution in [3.8, 4) is 0 Å². The van der Waals surface area contributed by atoms with Crippen LogP contribution in [-0.2, 0) is 15.9 Å². The number of nitrogens with zero attached hydrogens (tertiary/aromatic N) is 3. The Hall–Kier alpha value is -0.980. The summed E-state index contributed by atoms with van der Waals surface area (Å²) in [6.07, 6.45) is 4.29. The second kappa shape index (κ2) is 7.33. The van der Waals surface area contributed by atoms with Gasteiger partial charge >= 0.3 is 0 Å². The van der Waals surface area contributed by atoms with Crippen molar-refractivity contribution < 1.29 is 9.47 Å². The summed E-state index contributed by atoms with van der Waals surface area (Å²) in [7, 11) is 1.81. The maximum Gasteiger partial charge on any atom is 0.138 e. The molecular formula is C15H28N4O2. The lowest BCUT2D eigenvalue weighted by Gasteiger charge is -2.42. The molecule has 6 heteroatoms. The van der Waals surface area contributed by atoms with Crippen molar-refractivity contribution in [3.63, 3.8) is 0 Å². The molecule has 0 amide bonds. The van der Waals surface area contributed by atoms with Gasteiger partial charge in [-0.05, 0) is 20.4 Å². The fourth-order valence-electron chi connectivity index (χ4n) is 3.14. The molecule has 2 heterocycles. The van der Waals surface area contributed by atoms with Gasteiger partial charge in [-0.15, -0.1) is 0 Å². The SMILES string of the molecule is CCNC(Cc1ncnn1C(C)C)C1(OC)CCOCC1. The topological polar surface area (TPSA) is 61.2 Å². The maximum absolute atomic E-state index is 5.94. The Balaban J connectivity index is 2.19. The molecule has 0 aliphatic carbocycles. The number of aromatic nitrogens is 3. The molecule has 1 fully saturated rings. The fraction of sp³-hybridized carbons (Fsp3) is 0.867. The predicted molar refractivity (Wildman–Crippen MR) is 81.4 cm³/mol. The van der Waals surface area contributed by atoms with Gasteiger partial charge in [0.2, 0.25) is 0 Å². The largest absolute Gasteiger partial charge is 0.381 e. The number of nitrogens with one attached hydrogen (secondary N) is 1. The lowest BCUT2D eigenvalue weighted by Crippen LogP contribution is -2.56. The second-order valence-electron chi connectivity index (χ2n) is 5.91. The van der Waals surface area contributed by atoms with Crippen molar-refractivity contribution in [2.75, 3.05) is 26.9 Å². The average Bonchev–Trinajstić information content (AvgIpc) is 2.96. The lowest BCUT2D eigenvalue weighted by molar-refractivity contribution is -0.110. The Bertz CT molecular complexity index is 427. The summed E-state index contributed by atoms with van der Waals surface area (Å²) in [6, 6.07) is 0.538. The molecular weight excluding hydrogens is 268 g/mol. The minimum Gasteiger partial charge on any atom is -0.381 e. The lowest BCUT2D eigenvalue weighted by atomic mass is 9.84. The van der Waals surface area contributed by atoms with Gasteiger partial charge in [-0.25, -0.2) is 9.67 Å². The molecule has 1 aromatic heterocycles. The maximum atomic E-state index is 5.94. The molecule has 120 valence electrons. The number of likely N-dealkylation sites (N-methyl/N-ethyl adjacent to an activating group) is 1. The van der Waals surface area contributed by atoms with Crippen LogP contribution < -0.4 is 5.32 Å². The van der Waals surface area contributed by atoms with E-state index in [2.05, 4.69) is 36.2 Å². The minimum absolute atomic E-state index is 0.179. The van der Waals surface area contributed by atoms with Gasteiger partial charge in [0.25, 0.3) is 0 Å². The van der Waals surface area contributed by atoms with Gasteiger partial charge in [0.1, 0.15) is 12.2 Å². The van der Waals surface area contributed by atoms with Crippen molar-refractivity contribution in [1.29, 1.82) is 0 Å². The van der Waals surface area contributed by atoms with E-state index in [1.807, 2.05) is 11.8 Å². The van der Waals surface area contributed by atoms with E-state index in [-0.39, 0.29) is 11.6 Å². The molecule has 1 aromatic rings. The minimum atomic E-state index is -0.179. The highest BCUT2D eigenvalue weighted by Gasteiger charge is 2.41. The molecule has 1 aliphatic heterocycles. The molecule has 0 bridgehead atoms. The molecule has 1 aliphatic rings. The molecule has 2 rings (SSSR count). The highest BCUT2D eigenvalue weighted by atomic mass is 16.5. The van der Waals surface area contributed by atoms with Crippen LogP contribution in [-0.4, -0.2) is 53.3 Å². The zero-order valence-corrected chi connectivity index (χ0v) is 13.6. The number of hydrogen-bond acceptors (Lipinski definition) is 5. The van der Waals surface area contributed by atoms with Crippen LogP contribution in [0, 0.1) is 0 Å². The Kier molecular flexibility index (Phi) is 5.72. The summed E-state index contributed by atoms with van der Waals surface area (Å²) < 4.78 is 13.4. The van der Waals surface area contributed by atoms with Crippen LogP contribution in [0.4, 0.5) is 0 Å².